The number of benzene rings is 2. The highest BCUT2D eigenvalue weighted by Crippen LogP contribution is 2.44. The van der Waals surface area contributed by atoms with Crippen LogP contribution < -0.4 is 10.6 Å². The summed E-state index contributed by atoms with van der Waals surface area (Å²) in [5, 5.41) is 14.7. The second-order valence-corrected chi connectivity index (χ2v) is 8.78. The first-order valence-corrected chi connectivity index (χ1v) is 11.5. The number of carbonyl (C=O) groups excluding carboxylic acids is 2. The van der Waals surface area contributed by atoms with E-state index in [1.807, 2.05) is 36.4 Å². The molecule has 1 aromatic heterocycles. The topological polar surface area (TPSA) is 133 Å². The number of rotatable bonds is 9. The van der Waals surface area contributed by atoms with Crippen molar-refractivity contribution in [2.75, 3.05) is 6.61 Å². The van der Waals surface area contributed by atoms with Gasteiger partial charge in [0.1, 0.15) is 18.2 Å². The first kappa shape index (κ1) is 24.0. The van der Waals surface area contributed by atoms with Crippen molar-refractivity contribution in [3.63, 3.8) is 0 Å². The third kappa shape index (κ3) is 5.03. The van der Waals surface area contributed by atoms with E-state index in [0.717, 1.165) is 22.3 Å². The number of imidazole rings is 1. The normalized spacial score (nSPS) is 14.8. The van der Waals surface area contributed by atoms with Crippen molar-refractivity contribution in [2.24, 2.45) is 0 Å². The van der Waals surface area contributed by atoms with Gasteiger partial charge in [-0.1, -0.05) is 55.5 Å². The fourth-order valence-electron chi connectivity index (χ4n) is 4.30. The second-order valence-electron chi connectivity index (χ2n) is 8.78. The molecule has 0 radical (unpaired) electrons. The van der Waals surface area contributed by atoms with Crippen LogP contribution in [0.2, 0.25) is 0 Å². The summed E-state index contributed by atoms with van der Waals surface area (Å²) in [5.74, 6) is -1.91. The Bertz CT molecular complexity index is 1180. The Morgan fingerprint density at radius 2 is 1.74 bits per heavy atom. The molecule has 1 aliphatic rings. The number of ether oxygens (including phenoxy) is 1. The van der Waals surface area contributed by atoms with E-state index in [0.29, 0.717) is 5.69 Å². The number of aromatic amines is 1. The molecule has 1 heterocycles. The van der Waals surface area contributed by atoms with Crippen LogP contribution in [-0.4, -0.2) is 51.2 Å². The lowest BCUT2D eigenvalue weighted by molar-refractivity contribution is -0.142. The number of carbonyl (C=O) groups is 3. The third-order valence-corrected chi connectivity index (χ3v) is 6.51. The Balaban J connectivity index is 1.41. The third-order valence-electron chi connectivity index (χ3n) is 6.51. The molecule has 0 saturated heterocycles. The van der Waals surface area contributed by atoms with Gasteiger partial charge in [-0.3, -0.25) is 4.79 Å². The average molecular weight is 477 g/mol. The van der Waals surface area contributed by atoms with Gasteiger partial charge in [-0.05, 0) is 35.6 Å². The standard InChI is InChI=1S/C26H28N4O5/c1-3-26(2,24(33)29-22(23(31)32)12-16-13-27-15-28-16)30-25(34)35-14-21-19-10-6-4-8-17(19)18-9-5-7-11-20(18)21/h4-11,13,15,21-22H,3,12,14H2,1-2H3,(H,27,28)(H,29,33)(H,30,34)(H,31,32)/t22-,26?/m0/s1. The van der Waals surface area contributed by atoms with Crippen molar-refractivity contribution in [3.8, 4) is 11.1 Å². The molecular formula is C26H28N4O5. The molecule has 2 atom stereocenters. The van der Waals surface area contributed by atoms with E-state index in [4.69, 9.17) is 4.74 Å². The van der Waals surface area contributed by atoms with Crippen LogP contribution in [0.25, 0.3) is 11.1 Å². The van der Waals surface area contributed by atoms with Gasteiger partial charge in [0.25, 0.3) is 0 Å². The zero-order chi connectivity index (χ0) is 25.0. The maximum Gasteiger partial charge on any atom is 0.408 e. The first-order chi connectivity index (χ1) is 16.8. The van der Waals surface area contributed by atoms with Gasteiger partial charge >= 0.3 is 12.1 Å². The number of carboxylic acid groups (broad SMARTS) is 1. The van der Waals surface area contributed by atoms with Crippen molar-refractivity contribution in [1.29, 1.82) is 0 Å². The van der Waals surface area contributed by atoms with E-state index in [1.54, 1.807) is 13.8 Å². The lowest BCUT2D eigenvalue weighted by Gasteiger charge is -2.29. The van der Waals surface area contributed by atoms with Crippen LogP contribution >= 0.6 is 0 Å². The van der Waals surface area contributed by atoms with Crippen LogP contribution in [0.4, 0.5) is 4.79 Å². The van der Waals surface area contributed by atoms with Crippen LogP contribution in [0, 0.1) is 0 Å². The monoisotopic (exact) mass is 476 g/mol. The molecule has 0 aliphatic heterocycles. The first-order valence-electron chi connectivity index (χ1n) is 11.5. The SMILES string of the molecule is CCC(C)(NC(=O)OCC1c2ccccc2-c2ccccc21)C(=O)N[C@@H](Cc1cnc[nH]1)C(=O)O. The molecule has 9 nitrogen and oxygen atoms in total. The quantitative estimate of drug-likeness (QED) is 0.375. The lowest BCUT2D eigenvalue weighted by atomic mass is 9.97. The number of nitrogens with one attached hydrogen (secondary N) is 3. The predicted molar refractivity (Wildman–Crippen MR) is 129 cm³/mol. The summed E-state index contributed by atoms with van der Waals surface area (Å²) in [6.45, 7) is 3.38. The molecule has 4 rings (SSSR count). The van der Waals surface area contributed by atoms with Crippen LogP contribution in [0.15, 0.2) is 61.1 Å². The van der Waals surface area contributed by atoms with E-state index >= 15 is 0 Å². The van der Waals surface area contributed by atoms with Gasteiger partial charge in [-0.2, -0.15) is 0 Å². The van der Waals surface area contributed by atoms with Crippen molar-refractivity contribution >= 4 is 18.0 Å². The fourth-order valence-corrected chi connectivity index (χ4v) is 4.30. The molecule has 0 spiro atoms. The summed E-state index contributed by atoms with van der Waals surface area (Å²) in [6, 6.07) is 14.8. The smallest absolute Gasteiger partial charge is 0.408 e. The molecule has 0 fully saturated rings. The highest BCUT2D eigenvalue weighted by Gasteiger charge is 2.37. The fraction of sp³-hybridized carbons (Fsp3) is 0.308. The molecule has 9 heteroatoms. The zero-order valence-corrected chi connectivity index (χ0v) is 19.6. The Kier molecular flexibility index (Phi) is 6.86. The molecule has 0 bridgehead atoms. The molecular weight excluding hydrogens is 448 g/mol. The van der Waals surface area contributed by atoms with Crippen molar-refractivity contribution in [2.45, 2.75) is 44.2 Å². The van der Waals surface area contributed by atoms with Gasteiger partial charge in [0.2, 0.25) is 5.91 Å². The summed E-state index contributed by atoms with van der Waals surface area (Å²) in [4.78, 5) is 44.1. The Labute approximate surface area is 202 Å². The summed E-state index contributed by atoms with van der Waals surface area (Å²) >= 11 is 0. The number of aliphatic carboxylic acids is 1. The number of carboxylic acids is 1. The molecule has 0 saturated carbocycles. The Hall–Kier alpha value is -4.14. The molecule has 1 unspecified atom stereocenters. The summed E-state index contributed by atoms with van der Waals surface area (Å²) in [7, 11) is 0. The minimum Gasteiger partial charge on any atom is -0.480 e. The maximum atomic E-state index is 13.0. The summed E-state index contributed by atoms with van der Waals surface area (Å²) < 4.78 is 5.57. The highest BCUT2D eigenvalue weighted by atomic mass is 16.5. The predicted octanol–water partition coefficient (Wildman–Crippen LogP) is 3.23. The van der Waals surface area contributed by atoms with Crippen molar-refractivity contribution < 1.29 is 24.2 Å². The zero-order valence-electron chi connectivity index (χ0n) is 19.6. The van der Waals surface area contributed by atoms with Gasteiger partial charge in [0.15, 0.2) is 0 Å². The molecule has 4 N–H and O–H groups in total. The van der Waals surface area contributed by atoms with Crippen LogP contribution in [0.1, 0.15) is 43.0 Å². The molecule has 2 amide bonds. The number of amides is 2. The van der Waals surface area contributed by atoms with Gasteiger partial charge in [0, 0.05) is 24.2 Å². The number of fused-ring (bicyclic) bond motifs is 3. The second kappa shape index (κ2) is 10.0. The summed E-state index contributed by atoms with van der Waals surface area (Å²) in [6.07, 6.45) is 2.46. The Morgan fingerprint density at radius 1 is 1.11 bits per heavy atom. The highest BCUT2D eigenvalue weighted by molar-refractivity contribution is 5.92. The lowest BCUT2D eigenvalue weighted by Crippen LogP contribution is -2.59. The van der Waals surface area contributed by atoms with Gasteiger partial charge < -0.3 is 25.5 Å². The van der Waals surface area contributed by atoms with E-state index in [-0.39, 0.29) is 25.4 Å². The van der Waals surface area contributed by atoms with Crippen LogP contribution in [-0.2, 0) is 20.7 Å². The van der Waals surface area contributed by atoms with E-state index in [1.165, 1.54) is 12.5 Å². The van der Waals surface area contributed by atoms with Crippen LogP contribution in [0.5, 0.6) is 0 Å². The number of hydrogen-bond donors (Lipinski definition) is 4. The average Bonchev–Trinajstić information content (AvgIpc) is 3.48. The summed E-state index contributed by atoms with van der Waals surface area (Å²) in [5.41, 5.74) is 3.62. The number of H-pyrrole nitrogens is 1. The minimum atomic E-state index is -1.36. The number of alkyl carbamates (subject to hydrolysis) is 1. The molecule has 1 aliphatic carbocycles. The van der Waals surface area contributed by atoms with Crippen molar-refractivity contribution in [3.05, 3.63) is 77.9 Å². The van der Waals surface area contributed by atoms with Crippen LogP contribution in [0.3, 0.4) is 0 Å². The Morgan fingerprint density at radius 3 is 2.29 bits per heavy atom. The minimum absolute atomic E-state index is 0.0335. The maximum absolute atomic E-state index is 13.0. The number of hydrogen-bond acceptors (Lipinski definition) is 5. The number of aromatic nitrogens is 2. The van der Waals surface area contributed by atoms with Gasteiger partial charge in [-0.25, -0.2) is 14.6 Å². The largest absolute Gasteiger partial charge is 0.480 e. The van der Waals surface area contributed by atoms with E-state index in [9.17, 15) is 19.5 Å². The molecule has 35 heavy (non-hydrogen) atoms. The molecule has 182 valence electrons. The van der Waals surface area contributed by atoms with E-state index in [2.05, 4.69) is 32.7 Å². The van der Waals surface area contributed by atoms with Crippen molar-refractivity contribution in [1.82, 2.24) is 20.6 Å². The number of nitrogens with zero attached hydrogens (tertiary/aromatic N) is 1. The van der Waals surface area contributed by atoms with E-state index < -0.39 is 29.6 Å². The molecule has 2 aromatic carbocycles. The van der Waals surface area contributed by atoms with Gasteiger partial charge in [-0.15, -0.1) is 0 Å². The molecule has 3 aromatic rings. The van der Waals surface area contributed by atoms with Gasteiger partial charge in [0.05, 0.1) is 6.33 Å².